The second-order valence-electron chi connectivity index (χ2n) is 5.97. The molecule has 0 atom stereocenters. The first kappa shape index (κ1) is 18.9. The Balaban J connectivity index is 4.16. The third-order valence-corrected chi connectivity index (χ3v) is 3.11. The molecule has 0 N–H and O–H groups in total. The van der Waals surface area contributed by atoms with Gasteiger partial charge in [-0.2, -0.15) is 5.26 Å². The molecule has 0 aliphatic carbocycles. The average Bonchev–Trinajstić information content (AvgIpc) is 2.37. The molecule has 0 aliphatic rings. The molecule has 116 valence electrons. The van der Waals surface area contributed by atoms with E-state index in [9.17, 15) is 4.79 Å². The Morgan fingerprint density at radius 2 is 1.75 bits per heavy atom. The first-order chi connectivity index (χ1) is 9.36. The summed E-state index contributed by atoms with van der Waals surface area (Å²) in [6.07, 6.45) is 0.931. The number of carbonyl (C=O) groups excluding carboxylic acids is 1. The van der Waals surface area contributed by atoms with Gasteiger partial charge >= 0.3 is 0 Å². The van der Waals surface area contributed by atoms with Gasteiger partial charge in [0.2, 0.25) is 5.91 Å². The van der Waals surface area contributed by atoms with E-state index in [1.54, 1.807) is 11.9 Å². The zero-order valence-electron chi connectivity index (χ0n) is 13.7. The van der Waals surface area contributed by atoms with Crippen molar-refractivity contribution in [3.05, 3.63) is 0 Å². The zero-order chi connectivity index (χ0) is 15.5. The maximum absolute atomic E-state index is 12.0. The van der Waals surface area contributed by atoms with Gasteiger partial charge in [-0.05, 0) is 20.0 Å². The number of hydrogen-bond donors (Lipinski definition) is 0. The van der Waals surface area contributed by atoms with E-state index in [1.165, 1.54) is 0 Å². The standard InChI is InChI=1S/C15H30N4O/c1-14(2)13-19(12-11-17(3)4)10-7-15(20)18(5)9-6-8-16/h14H,6-7,9-13H2,1-5H3. The van der Waals surface area contributed by atoms with Crippen LogP contribution in [0.1, 0.15) is 26.7 Å². The number of amides is 1. The lowest BCUT2D eigenvalue weighted by Gasteiger charge is -2.26. The topological polar surface area (TPSA) is 50.6 Å². The van der Waals surface area contributed by atoms with Gasteiger partial charge in [0.05, 0.1) is 12.5 Å². The van der Waals surface area contributed by atoms with Crippen molar-refractivity contribution >= 4 is 5.91 Å². The Kier molecular flexibility index (Phi) is 10.0. The predicted molar refractivity (Wildman–Crippen MR) is 82.3 cm³/mol. The van der Waals surface area contributed by atoms with Crippen molar-refractivity contribution in [3.63, 3.8) is 0 Å². The number of nitrogens with zero attached hydrogens (tertiary/aromatic N) is 4. The fraction of sp³-hybridized carbons (Fsp3) is 0.867. The van der Waals surface area contributed by atoms with Crippen molar-refractivity contribution in [2.24, 2.45) is 5.92 Å². The van der Waals surface area contributed by atoms with Gasteiger partial charge < -0.3 is 14.7 Å². The summed E-state index contributed by atoms with van der Waals surface area (Å²) in [6, 6.07) is 2.07. The molecule has 0 aromatic carbocycles. The van der Waals surface area contributed by atoms with Crippen LogP contribution in [-0.2, 0) is 4.79 Å². The van der Waals surface area contributed by atoms with Crippen LogP contribution in [0, 0.1) is 17.2 Å². The summed E-state index contributed by atoms with van der Waals surface area (Å²) in [5.74, 6) is 0.724. The molecule has 5 nitrogen and oxygen atoms in total. The van der Waals surface area contributed by atoms with Crippen LogP contribution in [0.4, 0.5) is 0 Å². The molecule has 0 aliphatic heterocycles. The predicted octanol–water partition coefficient (Wildman–Crippen LogP) is 1.27. The van der Waals surface area contributed by atoms with Gasteiger partial charge in [-0.3, -0.25) is 4.79 Å². The normalized spacial score (nSPS) is 11.2. The summed E-state index contributed by atoms with van der Waals surface area (Å²) >= 11 is 0. The highest BCUT2D eigenvalue weighted by molar-refractivity contribution is 5.76. The van der Waals surface area contributed by atoms with E-state index in [1.807, 2.05) is 0 Å². The van der Waals surface area contributed by atoms with E-state index < -0.39 is 0 Å². The van der Waals surface area contributed by atoms with Crippen LogP contribution >= 0.6 is 0 Å². The minimum atomic E-state index is 0.124. The maximum Gasteiger partial charge on any atom is 0.223 e. The van der Waals surface area contributed by atoms with E-state index in [0.29, 0.717) is 25.3 Å². The van der Waals surface area contributed by atoms with Crippen LogP contribution in [0.15, 0.2) is 0 Å². The third-order valence-electron chi connectivity index (χ3n) is 3.11. The van der Waals surface area contributed by atoms with E-state index >= 15 is 0 Å². The van der Waals surface area contributed by atoms with Crippen LogP contribution < -0.4 is 0 Å². The van der Waals surface area contributed by atoms with Gasteiger partial charge in [0.15, 0.2) is 0 Å². The summed E-state index contributed by atoms with van der Waals surface area (Å²) in [5.41, 5.74) is 0. The van der Waals surface area contributed by atoms with Crippen LogP contribution in [0.25, 0.3) is 0 Å². The molecule has 5 heteroatoms. The molecule has 0 heterocycles. The van der Waals surface area contributed by atoms with Crippen molar-refractivity contribution in [1.82, 2.24) is 14.7 Å². The quantitative estimate of drug-likeness (QED) is 0.605. The van der Waals surface area contributed by atoms with Crippen LogP contribution in [-0.4, -0.2) is 74.5 Å². The van der Waals surface area contributed by atoms with Crippen LogP contribution in [0.3, 0.4) is 0 Å². The molecular formula is C15H30N4O. The van der Waals surface area contributed by atoms with Gasteiger partial charge in [0.1, 0.15) is 0 Å². The van der Waals surface area contributed by atoms with E-state index in [-0.39, 0.29) is 5.91 Å². The first-order valence-corrected chi connectivity index (χ1v) is 7.34. The van der Waals surface area contributed by atoms with Gasteiger partial charge in [-0.15, -0.1) is 0 Å². The molecule has 0 fully saturated rings. The summed E-state index contributed by atoms with van der Waals surface area (Å²) in [4.78, 5) is 18.1. The van der Waals surface area contributed by atoms with E-state index in [0.717, 1.165) is 26.2 Å². The number of hydrogen-bond acceptors (Lipinski definition) is 4. The maximum atomic E-state index is 12.0. The highest BCUT2D eigenvalue weighted by Gasteiger charge is 2.13. The number of carbonyl (C=O) groups is 1. The summed E-state index contributed by atoms with van der Waals surface area (Å²) in [7, 11) is 5.90. The highest BCUT2D eigenvalue weighted by atomic mass is 16.2. The Labute approximate surface area is 124 Å². The lowest BCUT2D eigenvalue weighted by atomic mass is 10.2. The minimum absolute atomic E-state index is 0.124. The Morgan fingerprint density at radius 1 is 1.10 bits per heavy atom. The number of rotatable bonds is 10. The smallest absolute Gasteiger partial charge is 0.223 e. The zero-order valence-corrected chi connectivity index (χ0v) is 13.7. The molecule has 0 bridgehead atoms. The molecule has 0 aromatic heterocycles. The van der Waals surface area contributed by atoms with Crippen LogP contribution in [0.2, 0.25) is 0 Å². The Bertz CT molecular complexity index is 309. The van der Waals surface area contributed by atoms with Crippen molar-refractivity contribution in [2.45, 2.75) is 26.7 Å². The average molecular weight is 282 g/mol. The van der Waals surface area contributed by atoms with Gasteiger partial charge in [0.25, 0.3) is 0 Å². The molecule has 20 heavy (non-hydrogen) atoms. The van der Waals surface area contributed by atoms with E-state index in [4.69, 9.17) is 5.26 Å². The fourth-order valence-corrected chi connectivity index (χ4v) is 1.94. The number of nitriles is 1. The van der Waals surface area contributed by atoms with Crippen molar-refractivity contribution in [3.8, 4) is 6.07 Å². The van der Waals surface area contributed by atoms with Crippen molar-refractivity contribution in [2.75, 3.05) is 53.9 Å². The summed E-state index contributed by atoms with van der Waals surface area (Å²) in [6.45, 7) is 8.72. The van der Waals surface area contributed by atoms with Crippen molar-refractivity contribution in [1.29, 1.82) is 5.26 Å². The molecule has 0 aromatic rings. The highest BCUT2D eigenvalue weighted by Crippen LogP contribution is 2.02. The first-order valence-electron chi connectivity index (χ1n) is 7.34. The minimum Gasteiger partial charge on any atom is -0.345 e. The second kappa shape index (κ2) is 10.6. The van der Waals surface area contributed by atoms with Gasteiger partial charge in [-0.25, -0.2) is 0 Å². The largest absolute Gasteiger partial charge is 0.345 e. The summed E-state index contributed by atoms with van der Waals surface area (Å²) in [5, 5.41) is 8.54. The molecule has 0 rings (SSSR count). The van der Waals surface area contributed by atoms with E-state index in [2.05, 4.69) is 43.8 Å². The fourth-order valence-electron chi connectivity index (χ4n) is 1.94. The molecule has 0 saturated heterocycles. The number of likely N-dealkylation sites (N-methyl/N-ethyl adjacent to an activating group) is 1. The monoisotopic (exact) mass is 282 g/mol. The molecule has 0 radical (unpaired) electrons. The Morgan fingerprint density at radius 3 is 2.25 bits per heavy atom. The lowest BCUT2D eigenvalue weighted by Crippen LogP contribution is -2.37. The molecule has 0 saturated carbocycles. The second-order valence-corrected chi connectivity index (χ2v) is 5.97. The lowest BCUT2D eigenvalue weighted by molar-refractivity contribution is -0.130. The Hall–Kier alpha value is -1.12. The van der Waals surface area contributed by atoms with Gasteiger partial charge in [-0.1, -0.05) is 13.8 Å². The molecular weight excluding hydrogens is 252 g/mol. The summed E-state index contributed by atoms with van der Waals surface area (Å²) < 4.78 is 0. The molecule has 0 spiro atoms. The third kappa shape index (κ3) is 9.76. The van der Waals surface area contributed by atoms with Crippen LogP contribution in [0.5, 0.6) is 0 Å². The van der Waals surface area contributed by atoms with Gasteiger partial charge in [0, 0.05) is 46.2 Å². The van der Waals surface area contributed by atoms with Crippen molar-refractivity contribution < 1.29 is 4.79 Å². The molecule has 1 amide bonds. The SMILES string of the molecule is CC(C)CN(CCC(=O)N(C)CCC#N)CCN(C)C. The molecule has 0 unspecified atom stereocenters.